The number of hydrogen-bond donors (Lipinski definition) is 0. The molecule has 1 aliphatic carbocycles. The van der Waals surface area contributed by atoms with E-state index in [9.17, 15) is 10.1 Å². The number of benzene rings is 2. The molecule has 5 rings (SSSR count). The molecular weight excluding hydrogens is 376 g/mol. The van der Waals surface area contributed by atoms with Gasteiger partial charge in [0.1, 0.15) is 5.82 Å². The maximum atomic E-state index is 11.4. The van der Waals surface area contributed by atoms with Crippen LogP contribution in [-0.4, -0.2) is 48.0 Å². The Hall–Kier alpha value is -3.51. The molecule has 2 aromatic carbocycles. The number of nitro groups is 1. The van der Waals surface area contributed by atoms with Gasteiger partial charge in [-0.05, 0) is 59.1 Å². The van der Waals surface area contributed by atoms with Gasteiger partial charge in [-0.25, -0.2) is 4.98 Å². The first-order valence-corrected chi connectivity index (χ1v) is 10.1. The summed E-state index contributed by atoms with van der Waals surface area (Å²) in [5.74, 6) is 0.967. The highest BCUT2D eigenvalue weighted by Crippen LogP contribution is 2.46. The van der Waals surface area contributed by atoms with Crippen molar-refractivity contribution >= 4 is 23.2 Å². The zero-order chi connectivity index (χ0) is 20.7. The minimum absolute atomic E-state index is 0.109. The van der Waals surface area contributed by atoms with E-state index in [1.807, 2.05) is 30.5 Å². The largest absolute Gasteiger partial charge is 0.354 e. The van der Waals surface area contributed by atoms with Gasteiger partial charge in [-0.2, -0.15) is 0 Å². The number of nitrogens with zero attached hydrogens (tertiary/aromatic N) is 4. The highest BCUT2D eigenvalue weighted by Gasteiger charge is 2.26. The summed E-state index contributed by atoms with van der Waals surface area (Å²) >= 11 is 0. The number of hydrogen-bond acceptors (Lipinski definition) is 5. The molecule has 0 bridgehead atoms. The SMILES string of the molecule is CN1CCN(c2ncccc2/C=C2\c3ccccc3-c3ccc([N+](=O)[O-])cc32)CC1. The fourth-order valence-corrected chi connectivity index (χ4v) is 4.32. The molecule has 1 aromatic heterocycles. The third kappa shape index (κ3) is 3.15. The Morgan fingerprint density at radius 3 is 2.43 bits per heavy atom. The van der Waals surface area contributed by atoms with Gasteiger partial charge >= 0.3 is 0 Å². The number of likely N-dealkylation sites (N-methyl/N-ethyl adjacent to an activating group) is 1. The molecule has 3 aromatic rings. The van der Waals surface area contributed by atoms with E-state index in [1.165, 1.54) is 0 Å². The molecule has 0 unspecified atom stereocenters. The first-order chi connectivity index (χ1) is 14.6. The van der Waals surface area contributed by atoms with Crippen LogP contribution in [-0.2, 0) is 0 Å². The predicted molar refractivity (Wildman–Crippen MR) is 119 cm³/mol. The molecule has 30 heavy (non-hydrogen) atoms. The van der Waals surface area contributed by atoms with Crippen LogP contribution >= 0.6 is 0 Å². The lowest BCUT2D eigenvalue weighted by Crippen LogP contribution is -2.45. The maximum Gasteiger partial charge on any atom is 0.270 e. The number of pyridine rings is 1. The minimum atomic E-state index is -0.333. The summed E-state index contributed by atoms with van der Waals surface area (Å²) in [7, 11) is 2.14. The molecule has 6 nitrogen and oxygen atoms in total. The molecule has 6 heteroatoms. The minimum Gasteiger partial charge on any atom is -0.354 e. The van der Waals surface area contributed by atoms with Crippen molar-refractivity contribution in [3.8, 4) is 11.1 Å². The van der Waals surface area contributed by atoms with Crippen molar-refractivity contribution in [2.24, 2.45) is 0 Å². The lowest BCUT2D eigenvalue weighted by Gasteiger charge is -2.34. The summed E-state index contributed by atoms with van der Waals surface area (Å²) in [5.41, 5.74) is 6.29. The van der Waals surface area contributed by atoms with E-state index in [1.54, 1.807) is 12.1 Å². The van der Waals surface area contributed by atoms with Gasteiger partial charge < -0.3 is 9.80 Å². The molecule has 2 aliphatic rings. The molecule has 0 amide bonds. The normalized spacial score (nSPS) is 17.1. The number of rotatable bonds is 3. The lowest BCUT2D eigenvalue weighted by molar-refractivity contribution is -0.384. The average Bonchev–Trinajstić information content (AvgIpc) is 3.08. The zero-order valence-electron chi connectivity index (χ0n) is 16.8. The Balaban J connectivity index is 1.65. The van der Waals surface area contributed by atoms with Crippen molar-refractivity contribution in [3.63, 3.8) is 0 Å². The van der Waals surface area contributed by atoms with Crippen molar-refractivity contribution in [1.82, 2.24) is 9.88 Å². The Labute approximate surface area is 175 Å². The lowest BCUT2D eigenvalue weighted by atomic mass is 10.0. The van der Waals surface area contributed by atoms with Crippen LogP contribution in [0, 0.1) is 10.1 Å². The Bertz CT molecular complexity index is 1160. The van der Waals surface area contributed by atoms with Crippen molar-refractivity contribution in [2.75, 3.05) is 38.1 Å². The third-order valence-corrected chi connectivity index (χ3v) is 5.93. The highest BCUT2D eigenvalue weighted by atomic mass is 16.6. The van der Waals surface area contributed by atoms with Crippen LogP contribution in [0.25, 0.3) is 22.8 Å². The van der Waals surface area contributed by atoms with Crippen molar-refractivity contribution < 1.29 is 4.92 Å². The fraction of sp³-hybridized carbons (Fsp3) is 0.208. The Morgan fingerprint density at radius 2 is 1.67 bits per heavy atom. The summed E-state index contributed by atoms with van der Waals surface area (Å²) in [6, 6.07) is 17.3. The molecule has 0 atom stereocenters. The number of aromatic nitrogens is 1. The van der Waals surface area contributed by atoms with Crippen LogP contribution in [0.2, 0.25) is 0 Å². The fourth-order valence-electron chi connectivity index (χ4n) is 4.32. The second-order valence-corrected chi connectivity index (χ2v) is 7.80. The monoisotopic (exact) mass is 398 g/mol. The van der Waals surface area contributed by atoms with E-state index in [0.29, 0.717) is 0 Å². The van der Waals surface area contributed by atoms with E-state index < -0.39 is 0 Å². The molecule has 0 radical (unpaired) electrons. The highest BCUT2D eigenvalue weighted by molar-refractivity contribution is 6.07. The van der Waals surface area contributed by atoms with Crippen LogP contribution in [0.15, 0.2) is 60.8 Å². The summed E-state index contributed by atoms with van der Waals surface area (Å²) in [6.45, 7) is 3.87. The van der Waals surface area contributed by atoms with Gasteiger partial charge in [0.05, 0.1) is 4.92 Å². The van der Waals surface area contributed by atoms with Crippen molar-refractivity contribution in [1.29, 1.82) is 0 Å². The summed E-state index contributed by atoms with van der Waals surface area (Å²) in [4.78, 5) is 20.4. The number of piperazine rings is 1. The zero-order valence-corrected chi connectivity index (χ0v) is 16.8. The van der Waals surface area contributed by atoms with Gasteiger partial charge in [-0.1, -0.05) is 24.3 Å². The van der Waals surface area contributed by atoms with E-state index in [4.69, 9.17) is 0 Å². The second-order valence-electron chi connectivity index (χ2n) is 7.80. The van der Waals surface area contributed by atoms with Gasteiger partial charge in [-0.15, -0.1) is 0 Å². The van der Waals surface area contributed by atoms with Crippen LogP contribution in [0.4, 0.5) is 11.5 Å². The van der Waals surface area contributed by atoms with E-state index in [-0.39, 0.29) is 10.6 Å². The quantitative estimate of drug-likeness (QED) is 0.380. The van der Waals surface area contributed by atoms with Crippen molar-refractivity contribution in [3.05, 3.63) is 87.6 Å². The number of fused-ring (bicyclic) bond motifs is 3. The van der Waals surface area contributed by atoms with Crippen LogP contribution in [0.1, 0.15) is 16.7 Å². The summed E-state index contributed by atoms with van der Waals surface area (Å²) < 4.78 is 0. The molecule has 0 N–H and O–H groups in total. The van der Waals surface area contributed by atoms with E-state index in [0.717, 1.165) is 65.4 Å². The van der Waals surface area contributed by atoms with Gasteiger partial charge in [0.15, 0.2) is 0 Å². The van der Waals surface area contributed by atoms with Gasteiger partial charge in [0.25, 0.3) is 5.69 Å². The van der Waals surface area contributed by atoms with Crippen LogP contribution < -0.4 is 4.90 Å². The molecule has 0 saturated carbocycles. The Kier molecular flexibility index (Phi) is 4.56. The molecule has 1 fully saturated rings. The third-order valence-electron chi connectivity index (χ3n) is 5.93. The van der Waals surface area contributed by atoms with Crippen molar-refractivity contribution in [2.45, 2.75) is 0 Å². The number of nitro benzene ring substituents is 1. The number of non-ortho nitro benzene ring substituents is 1. The molecule has 150 valence electrons. The van der Waals surface area contributed by atoms with Gasteiger partial charge in [0, 0.05) is 50.1 Å². The summed E-state index contributed by atoms with van der Waals surface area (Å²) in [6.07, 6.45) is 3.96. The molecule has 2 heterocycles. The summed E-state index contributed by atoms with van der Waals surface area (Å²) in [5, 5.41) is 11.4. The maximum absolute atomic E-state index is 11.4. The average molecular weight is 398 g/mol. The Morgan fingerprint density at radius 1 is 0.933 bits per heavy atom. The smallest absolute Gasteiger partial charge is 0.270 e. The molecule has 1 saturated heterocycles. The van der Waals surface area contributed by atoms with Gasteiger partial charge in [0.2, 0.25) is 0 Å². The first-order valence-electron chi connectivity index (χ1n) is 10.1. The predicted octanol–water partition coefficient (Wildman–Crippen LogP) is 4.31. The second kappa shape index (κ2) is 7.39. The molecule has 1 aliphatic heterocycles. The van der Waals surface area contributed by atoms with E-state index in [2.05, 4.69) is 46.1 Å². The van der Waals surface area contributed by atoms with Crippen LogP contribution in [0.3, 0.4) is 0 Å². The first kappa shape index (κ1) is 18.5. The van der Waals surface area contributed by atoms with Gasteiger partial charge in [-0.3, -0.25) is 10.1 Å². The van der Waals surface area contributed by atoms with Crippen LogP contribution in [0.5, 0.6) is 0 Å². The molecular formula is C24H22N4O2. The molecule has 0 spiro atoms. The topological polar surface area (TPSA) is 62.5 Å². The van der Waals surface area contributed by atoms with E-state index >= 15 is 0 Å². The number of anilines is 1. The standard InChI is InChI=1S/C24H22N4O2/c1-26-11-13-27(14-12-26)24-17(5-4-10-25-24)15-22-20-7-3-2-6-19(20)21-9-8-18(28(29)30)16-23(21)22/h2-10,15-16H,11-14H2,1H3/b22-15+.